The summed E-state index contributed by atoms with van der Waals surface area (Å²) in [4.78, 5) is 57.7. The van der Waals surface area contributed by atoms with Crippen LogP contribution in [0.5, 0.6) is 0 Å². The molecule has 4 rings (SSSR count). The molecule has 1 aromatic heterocycles. The van der Waals surface area contributed by atoms with Gasteiger partial charge in [0.1, 0.15) is 24.7 Å². The monoisotopic (exact) mass is 485 g/mol. The van der Waals surface area contributed by atoms with Crippen molar-refractivity contribution >= 4 is 29.1 Å². The molecule has 1 N–H and O–H groups in total. The zero-order valence-corrected chi connectivity index (χ0v) is 19.9. The molecule has 1 aromatic carbocycles. The highest BCUT2D eigenvalue weighted by molar-refractivity contribution is 7.13. The molecule has 3 amide bonds. The quantitative estimate of drug-likeness (QED) is 0.596. The van der Waals surface area contributed by atoms with Crippen LogP contribution in [0.15, 0.2) is 35.0 Å². The van der Waals surface area contributed by atoms with Crippen molar-refractivity contribution in [1.82, 2.24) is 20.1 Å². The smallest absolute Gasteiger partial charge is 0.249 e. The van der Waals surface area contributed by atoms with E-state index in [1.807, 2.05) is 36.7 Å². The first-order chi connectivity index (χ1) is 16.4. The summed E-state index contributed by atoms with van der Waals surface area (Å²) in [5, 5.41) is 5.95. The van der Waals surface area contributed by atoms with Gasteiger partial charge in [0.25, 0.3) is 0 Å². The Hall–Kier alpha value is -3.18. The van der Waals surface area contributed by atoms with E-state index in [9.17, 15) is 19.3 Å². The minimum absolute atomic E-state index is 0.0617. The number of likely N-dealkylation sites (tertiary alicyclic amines) is 1. The van der Waals surface area contributed by atoms with E-state index in [0.29, 0.717) is 13.2 Å². The Morgan fingerprint density at radius 2 is 2.09 bits per heavy atom. The van der Waals surface area contributed by atoms with E-state index in [4.69, 9.17) is 4.74 Å². The number of hydrogen-bond donors (Lipinski definition) is 1. The predicted molar refractivity (Wildman–Crippen MR) is 126 cm³/mol. The first-order valence-corrected chi connectivity index (χ1v) is 12.0. The lowest BCUT2D eigenvalue weighted by Crippen LogP contribution is -2.56. The molecule has 0 radical (unpaired) electrons. The van der Waals surface area contributed by atoms with Crippen LogP contribution in [0.4, 0.5) is 0 Å². The third-order valence-electron chi connectivity index (χ3n) is 6.29. The van der Waals surface area contributed by atoms with Crippen LogP contribution in [0.1, 0.15) is 24.6 Å². The van der Waals surface area contributed by atoms with Crippen LogP contribution < -0.4 is 5.32 Å². The molecule has 0 aliphatic carbocycles. The number of benzene rings is 1. The Labute approximate surface area is 201 Å². The van der Waals surface area contributed by atoms with Crippen LogP contribution in [-0.2, 0) is 25.7 Å². The molecule has 0 saturated carbocycles. The summed E-state index contributed by atoms with van der Waals surface area (Å²) >= 11 is 1.58. The van der Waals surface area contributed by atoms with Crippen LogP contribution in [0.2, 0.25) is 0 Å². The van der Waals surface area contributed by atoms with Gasteiger partial charge in [-0.25, -0.2) is 4.98 Å². The SMILES string of the molecule is Cc1ncsc1-c1ccc(CNC(=O)[C@@H]2C[C@@H](N=O)CN2C(=O)C(C)N2CCOCC2=O)cc1. The summed E-state index contributed by atoms with van der Waals surface area (Å²) in [6.45, 7) is 4.54. The second-order valence-electron chi connectivity index (χ2n) is 8.50. The molecule has 1 unspecified atom stereocenters. The van der Waals surface area contributed by atoms with E-state index in [1.165, 1.54) is 9.80 Å². The summed E-state index contributed by atoms with van der Waals surface area (Å²) < 4.78 is 5.13. The Morgan fingerprint density at radius 1 is 1.32 bits per heavy atom. The van der Waals surface area contributed by atoms with Crippen LogP contribution >= 0.6 is 11.3 Å². The molecule has 34 heavy (non-hydrogen) atoms. The van der Waals surface area contributed by atoms with E-state index in [1.54, 1.807) is 18.3 Å². The molecule has 2 aromatic rings. The number of carbonyl (C=O) groups is 3. The number of thiazole rings is 1. The van der Waals surface area contributed by atoms with E-state index >= 15 is 0 Å². The predicted octanol–water partition coefficient (Wildman–Crippen LogP) is 1.72. The molecular formula is C23H27N5O5S. The lowest BCUT2D eigenvalue weighted by atomic mass is 10.1. The normalized spacial score (nSPS) is 21.4. The van der Waals surface area contributed by atoms with Crippen molar-refractivity contribution in [3.8, 4) is 10.4 Å². The molecule has 11 heteroatoms. The first-order valence-electron chi connectivity index (χ1n) is 11.2. The van der Waals surface area contributed by atoms with Crippen LogP contribution in [-0.4, -0.2) is 76.9 Å². The van der Waals surface area contributed by atoms with Gasteiger partial charge in [-0.2, -0.15) is 4.91 Å². The van der Waals surface area contributed by atoms with Gasteiger partial charge in [-0.1, -0.05) is 29.4 Å². The molecule has 0 spiro atoms. The van der Waals surface area contributed by atoms with Gasteiger partial charge in [0.05, 0.1) is 22.7 Å². The van der Waals surface area contributed by atoms with E-state index in [-0.39, 0.29) is 43.8 Å². The summed E-state index contributed by atoms with van der Waals surface area (Å²) in [6, 6.07) is 5.63. The highest BCUT2D eigenvalue weighted by Gasteiger charge is 2.43. The van der Waals surface area contributed by atoms with Crippen LogP contribution in [0.25, 0.3) is 10.4 Å². The van der Waals surface area contributed by atoms with Crippen LogP contribution in [0.3, 0.4) is 0 Å². The van der Waals surface area contributed by atoms with Gasteiger partial charge in [0, 0.05) is 26.1 Å². The molecule has 2 fully saturated rings. The fourth-order valence-corrected chi connectivity index (χ4v) is 5.17. The van der Waals surface area contributed by atoms with Gasteiger partial charge in [-0.3, -0.25) is 14.4 Å². The number of nitrogens with zero attached hydrogens (tertiary/aromatic N) is 4. The van der Waals surface area contributed by atoms with E-state index < -0.39 is 18.1 Å². The van der Waals surface area contributed by atoms with Gasteiger partial charge < -0.3 is 19.9 Å². The minimum Gasteiger partial charge on any atom is -0.370 e. The number of aryl methyl sites for hydroxylation is 1. The molecule has 2 aliphatic rings. The molecular weight excluding hydrogens is 458 g/mol. The maximum absolute atomic E-state index is 13.2. The van der Waals surface area contributed by atoms with Gasteiger partial charge in [-0.15, -0.1) is 11.3 Å². The van der Waals surface area contributed by atoms with Gasteiger partial charge in [0.2, 0.25) is 17.7 Å². The third kappa shape index (κ3) is 5.00. The van der Waals surface area contributed by atoms with Crippen molar-refractivity contribution < 1.29 is 19.1 Å². The molecule has 2 saturated heterocycles. The highest BCUT2D eigenvalue weighted by Crippen LogP contribution is 2.27. The Balaban J connectivity index is 1.40. The van der Waals surface area contributed by atoms with Crippen molar-refractivity contribution in [2.75, 3.05) is 26.3 Å². The van der Waals surface area contributed by atoms with Gasteiger partial charge in [0.15, 0.2) is 0 Å². The fourth-order valence-electron chi connectivity index (χ4n) is 4.36. The number of hydrogen-bond acceptors (Lipinski definition) is 8. The summed E-state index contributed by atoms with van der Waals surface area (Å²) in [6.07, 6.45) is 0.161. The number of nitrogens with one attached hydrogen (secondary N) is 1. The molecule has 180 valence electrons. The standard InChI is InChI=1S/C23H27N5O5S/c1-14-21(34-13-25-14)17-5-3-16(4-6-17)10-24-22(30)19-9-18(26-32)11-28(19)23(31)15(2)27-7-8-33-12-20(27)29/h3-6,13,15,18-19H,7-12H2,1-2H3,(H,24,30)/t15?,18-,19+/m1/s1. The number of carbonyl (C=O) groups excluding carboxylic acids is 3. The Morgan fingerprint density at radius 3 is 2.74 bits per heavy atom. The van der Waals surface area contributed by atoms with Crippen molar-refractivity contribution in [3.63, 3.8) is 0 Å². The first kappa shape index (κ1) is 24.0. The van der Waals surface area contributed by atoms with Crippen molar-refractivity contribution in [2.24, 2.45) is 5.18 Å². The number of amides is 3. The average Bonchev–Trinajstić information content (AvgIpc) is 3.48. The van der Waals surface area contributed by atoms with Crippen molar-refractivity contribution in [3.05, 3.63) is 45.9 Å². The number of morpholine rings is 1. The molecule has 3 atom stereocenters. The highest BCUT2D eigenvalue weighted by atomic mass is 32.1. The van der Waals surface area contributed by atoms with Crippen LogP contribution in [0, 0.1) is 11.8 Å². The Kier molecular flexibility index (Phi) is 7.32. The zero-order chi connectivity index (χ0) is 24.2. The minimum atomic E-state index is -0.812. The average molecular weight is 486 g/mol. The topological polar surface area (TPSA) is 121 Å². The third-order valence-corrected chi connectivity index (χ3v) is 7.27. The largest absolute Gasteiger partial charge is 0.370 e. The van der Waals surface area contributed by atoms with Gasteiger partial charge in [-0.05, 0) is 25.0 Å². The summed E-state index contributed by atoms with van der Waals surface area (Å²) in [5.41, 5.74) is 4.76. The zero-order valence-electron chi connectivity index (χ0n) is 19.1. The molecule has 10 nitrogen and oxygen atoms in total. The summed E-state index contributed by atoms with van der Waals surface area (Å²) in [5.74, 6) is -0.984. The number of rotatable bonds is 7. The molecule has 2 aliphatic heterocycles. The lowest BCUT2D eigenvalue weighted by Gasteiger charge is -2.35. The lowest BCUT2D eigenvalue weighted by molar-refractivity contribution is -0.154. The maximum Gasteiger partial charge on any atom is 0.249 e. The van der Waals surface area contributed by atoms with Crippen molar-refractivity contribution in [1.29, 1.82) is 0 Å². The summed E-state index contributed by atoms with van der Waals surface area (Å²) in [7, 11) is 0. The molecule has 0 bridgehead atoms. The number of nitroso groups, excluding NO2 is 1. The number of ether oxygens (including phenoxy) is 1. The second-order valence-corrected chi connectivity index (χ2v) is 9.35. The second kappa shape index (κ2) is 10.4. The Bertz CT molecular complexity index is 1070. The fraction of sp³-hybridized carbons (Fsp3) is 0.478. The molecule has 3 heterocycles. The van der Waals surface area contributed by atoms with E-state index in [2.05, 4.69) is 15.5 Å². The van der Waals surface area contributed by atoms with E-state index in [0.717, 1.165) is 21.7 Å². The van der Waals surface area contributed by atoms with Crippen molar-refractivity contribution in [2.45, 2.75) is 44.9 Å². The maximum atomic E-state index is 13.2. The van der Waals surface area contributed by atoms with Gasteiger partial charge >= 0.3 is 0 Å². The number of aromatic nitrogens is 1.